The highest BCUT2D eigenvalue weighted by molar-refractivity contribution is 7.16. The van der Waals surface area contributed by atoms with Crippen LogP contribution in [0.5, 0.6) is 0 Å². The quantitative estimate of drug-likeness (QED) is 0.630. The summed E-state index contributed by atoms with van der Waals surface area (Å²) in [6, 6.07) is 9.83. The Bertz CT molecular complexity index is 870. The molecule has 0 saturated carbocycles. The van der Waals surface area contributed by atoms with E-state index in [1.165, 1.54) is 17.0 Å². The number of thiophene rings is 1. The molecule has 3 aromatic rings. The normalized spacial score (nSPS) is 11.1. The largest absolute Gasteiger partial charge is 0.368 e. The zero-order valence-corrected chi connectivity index (χ0v) is 15.7. The zero-order chi connectivity index (χ0) is 18.5. The third-order valence-electron chi connectivity index (χ3n) is 3.62. The lowest BCUT2D eigenvalue weighted by molar-refractivity contribution is 0.267. The van der Waals surface area contributed by atoms with Gasteiger partial charge in [0.2, 0.25) is 11.9 Å². The molecule has 0 aliphatic carbocycles. The van der Waals surface area contributed by atoms with Crippen LogP contribution in [0.2, 0.25) is 4.34 Å². The first kappa shape index (κ1) is 18.5. The Morgan fingerprint density at radius 3 is 2.54 bits per heavy atom. The molecule has 0 aliphatic heterocycles. The van der Waals surface area contributed by atoms with Crippen LogP contribution in [0.4, 0.5) is 22.0 Å². The minimum Gasteiger partial charge on any atom is -0.368 e. The molecule has 0 atom stereocenters. The Hall–Kier alpha value is -2.29. The van der Waals surface area contributed by atoms with E-state index >= 15 is 0 Å². The van der Waals surface area contributed by atoms with Gasteiger partial charge >= 0.3 is 0 Å². The van der Waals surface area contributed by atoms with Crippen molar-refractivity contribution in [3.63, 3.8) is 0 Å². The molecule has 0 spiro atoms. The van der Waals surface area contributed by atoms with Gasteiger partial charge < -0.3 is 11.1 Å². The Morgan fingerprint density at radius 2 is 1.88 bits per heavy atom. The van der Waals surface area contributed by atoms with Crippen LogP contribution in [0.15, 0.2) is 36.4 Å². The minimum absolute atomic E-state index is 0.134. The molecule has 1 aromatic carbocycles. The highest BCUT2D eigenvalue weighted by atomic mass is 35.5. The van der Waals surface area contributed by atoms with Crippen LogP contribution in [0, 0.1) is 5.82 Å². The fourth-order valence-electron chi connectivity index (χ4n) is 2.36. The molecule has 0 fully saturated rings. The van der Waals surface area contributed by atoms with Crippen molar-refractivity contribution in [3.8, 4) is 0 Å². The average molecular weight is 393 g/mol. The SMILES string of the molecule is CCN(Cc1nc(N)nc(Nc2ccc(F)cc2)n1)Cc1ccc(Cl)s1. The van der Waals surface area contributed by atoms with Crippen LogP contribution in [-0.4, -0.2) is 26.4 Å². The number of benzene rings is 1. The number of anilines is 3. The Morgan fingerprint density at radius 1 is 1.12 bits per heavy atom. The van der Waals surface area contributed by atoms with Gasteiger partial charge in [0.05, 0.1) is 10.9 Å². The van der Waals surface area contributed by atoms with Crippen molar-refractivity contribution >= 4 is 40.5 Å². The fourth-order valence-corrected chi connectivity index (χ4v) is 3.49. The summed E-state index contributed by atoms with van der Waals surface area (Å²) in [5.74, 6) is 0.717. The summed E-state index contributed by atoms with van der Waals surface area (Å²) in [6.45, 7) is 4.16. The molecule has 0 saturated heterocycles. The number of halogens is 2. The molecule has 26 heavy (non-hydrogen) atoms. The lowest BCUT2D eigenvalue weighted by Gasteiger charge is -2.19. The van der Waals surface area contributed by atoms with Gasteiger partial charge in [0.1, 0.15) is 11.6 Å². The van der Waals surface area contributed by atoms with Gasteiger partial charge in [-0.05, 0) is 42.9 Å². The Kier molecular flexibility index (Phi) is 5.97. The van der Waals surface area contributed by atoms with E-state index in [0.29, 0.717) is 24.0 Å². The lowest BCUT2D eigenvalue weighted by atomic mass is 10.3. The first-order valence-electron chi connectivity index (χ1n) is 8.01. The second kappa shape index (κ2) is 8.39. The zero-order valence-electron chi connectivity index (χ0n) is 14.1. The molecule has 0 radical (unpaired) electrons. The molecule has 0 bridgehead atoms. The molecule has 2 heterocycles. The first-order valence-corrected chi connectivity index (χ1v) is 9.21. The number of nitrogens with two attached hydrogens (primary N) is 1. The highest BCUT2D eigenvalue weighted by Gasteiger charge is 2.11. The summed E-state index contributed by atoms with van der Waals surface area (Å²) in [6.07, 6.45) is 0. The predicted octanol–water partition coefficient (Wildman–Crippen LogP) is 4.07. The van der Waals surface area contributed by atoms with Crippen molar-refractivity contribution in [2.24, 2.45) is 0 Å². The van der Waals surface area contributed by atoms with Gasteiger partial charge in [-0.25, -0.2) is 4.39 Å². The van der Waals surface area contributed by atoms with Gasteiger partial charge in [0.25, 0.3) is 0 Å². The number of nitrogens with zero attached hydrogens (tertiary/aromatic N) is 4. The number of aromatic nitrogens is 3. The number of hydrogen-bond acceptors (Lipinski definition) is 7. The summed E-state index contributed by atoms with van der Waals surface area (Å²) < 4.78 is 13.8. The third-order valence-corrected chi connectivity index (χ3v) is 4.84. The highest BCUT2D eigenvalue weighted by Crippen LogP contribution is 2.23. The maximum atomic E-state index is 13.0. The van der Waals surface area contributed by atoms with Gasteiger partial charge in [0, 0.05) is 17.1 Å². The van der Waals surface area contributed by atoms with Gasteiger partial charge in [-0.1, -0.05) is 18.5 Å². The molecule has 0 aliphatic rings. The first-order chi connectivity index (χ1) is 12.5. The summed E-state index contributed by atoms with van der Waals surface area (Å²) >= 11 is 7.55. The minimum atomic E-state index is -0.307. The molecule has 9 heteroatoms. The van der Waals surface area contributed by atoms with Crippen LogP contribution < -0.4 is 11.1 Å². The monoisotopic (exact) mass is 392 g/mol. The molecular weight excluding hydrogens is 375 g/mol. The van der Waals surface area contributed by atoms with Gasteiger partial charge in [0.15, 0.2) is 0 Å². The van der Waals surface area contributed by atoms with Crippen LogP contribution in [0.3, 0.4) is 0 Å². The maximum absolute atomic E-state index is 13.0. The number of nitrogen functional groups attached to an aromatic ring is 1. The van der Waals surface area contributed by atoms with Crippen molar-refractivity contribution in [1.29, 1.82) is 0 Å². The molecule has 0 unspecified atom stereocenters. The van der Waals surface area contributed by atoms with E-state index in [1.807, 2.05) is 12.1 Å². The molecule has 3 rings (SSSR count). The third kappa shape index (κ3) is 5.10. The topological polar surface area (TPSA) is 80.0 Å². The summed E-state index contributed by atoms with van der Waals surface area (Å²) in [4.78, 5) is 16.1. The second-order valence-corrected chi connectivity index (χ2v) is 7.37. The van der Waals surface area contributed by atoms with E-state index in [0.717, 1.165) is 17.4 Å². The fraction of sp³-hybridized carbons (Fsp3) is 0.235. The van der Waals surface area contributed by atoms with Crippen LogP contribution in [0.25, 0.3) is 0 Å². The number of nitrogens with one attached hydrogen (secondary N) is 1. The average Bonchev–Trinajstić information content (AvgIpc) is 3.01. The lowest BCUT2D eigenvalue weighted by Crippen LogP contribution is -2.23. The van der Waals surface area contributed by atoms with Crippen molar-refractivity contribution in [1.82, 2.24) is 19.9 Å². The van der Waals surface area contributed by atoms with Gasteiger partial charge in [-0.2, -0.15) is 15.0 Å². The van der Waals surface area contributed by atoms with Crippen LogP contribution in [0.1, 0.15) is 17.6 Å². The van der Waals surface area contributed by atoms with E-state index < -0.39 is 0 Å². The Labute approximate surface area is 159 Å². The number of hydrogen-bond donors (Lipinski definition) is 2. The molecule has 2 aromatic heterocycles. The van der Waals surface area contributed by atoms with Crippen LogP contribution >= 0.6 is 22.9 Å². The molecular formula is C17H18ClFN6S. The number of rotatable bonds is 7. The molecule has 0 amide bonds. The van der Waals surface area contributed by atoms with Crippen molar-refractivity contribution in [2.75, 3.05) is 17.6 Å². The standard InChI is InChI=1S/C17H18ClFN6S/c1-2-25(9-13-7-8-14(18)26-13)10-15-22-16(20)24-17(23-15)21-12-5-3-11(19)4-6-12/h3-8H,2,9-10H2,1H3,(H3,20,21,22,23,24). The predicted molar refractivity (Wildman–Crippen MR) is 103 cm³/mol. The van der Waals surface area contributed by atoms with Gasteiger partial charge in [-0.15, -0.1) is 11.3 Å². The molecule has 6 nitrogen and oxygen atoms in total. The van der Waals surface area contributed by atoms with Crippen molar-refractivity contribution < 1.29 is 4.39 Å². The van der Waals surface area contributed by atoms with Crippen LogP contribution in [-0.2, 0) is 13.1 Å². The summed E-state index contributed by atoms with van der Waals surface area (Å²) in [5.41, 5.74) is 6.48. The van der Waals surface area contributed by atoms with E-state index in [4.69, 9.17) is 17.3 Å². The van der Waals surface area contributed by atoms with E-state index in [2.05, 4.69) is 32.1 Å². The maximum Gasteiger partial charge on any atom is 0.232 e. The van der Waals surface area contributed by atoms with Crippen molar-refractivity contribution in [2.45, 2.75) is 20.0 Å². The molecule has 136 valence electrons. The Balaban J connectivity index is 1.72. The smallest absolute Gasteiger partial charge is 0.232 e. The molecule has 3 N–H and O–H groups in total. The van der Waals surface area contributed by atoms with Crippen molar-refractivity contribution in [3.05, 3.63) is 57.3 Å². The second-order valence-electron chi connectivity index (χ2n) is 5.57. The van der Waals surface area contributed by atoms with E-state index in [9.17, 15) is 4.39 Å². The van der Waals surface area contributed by atoms with E-state index in [1.54, 1.807) is 23.5 Å². The van der Waals surface area contributed by atoms with Gasteiger partial charge in [-0.3, -0.25) is 4.90 Å². The summed E-state index contributed by atoms with van der Waals surface area (Å²) in [7, 11) is 0. The van der Waals surface area contributed by atoms with E-state index in [-0.39, 0.29) is 11.8 Å². The summed E-state index contributed by atoms with van der Waals surface area (Å²) in [5, 5.41) is 3.01.